The molecule has 38 heavy (non-hydrogen) atoms. The molecule has 3 aliphatic rings. The Labute approximate surface area is 220 Å². The minimum Gasteiger partial charge on any atom is -0.463 e. The van der Waals surface area contributed by atoms with Crippen molar-refractivity contribution in [3.63, 3.8) is 0 Å². The molecule has 1 saturated heterocycles. The van der Waals surface area contributed by atoms with Crippen molar-refractivity contribution in [2.24, 2.45) is 5.11 Å². The second-order valence-corrected chi connectivity index (χ2v) is 9.79. The number of nitrogens with zero attached hydrogens (tertiary/aromatic N) is 6. The van der Waals surface area contributed by atoms with Crippen LogP contribution in [-0.2, 0) is 25.6 Å². The normalized spacial score (nSPS) is 21.8. The molecular weight excluding hydrogens is 520 g/mol. The van der Waals surface area contributed by atoms with E-state index in [1.165, 1.54) is 10.8 Å². The lowest BCUT2D eigenvalue weighted by Crippen LogP contribution is -2.37. The van der Waals surface area contributed by atoms with E-state index in [9.17, 15) is 19.2 Å². The zero-order valence-corrected chi connectivity index (χ0v) is 21.2. The Morgan fingerprint density at radius 1 is 1.32 bits per heavy atom. The highest BCUT2D eigenvalue weighted by Crippen LogP contribution is 2.39. The SMILES string of the molecule is Cc1cn([C@H]2C[C@H](N=[N+]=[N-])[C@@H](COC(=O)CC(=O)N3CCN4CNc5cc(Cl)cc(c54)C3)O2)c(=O)[nH]c1=O. The third-order valence-corrected chi connectivity index (χ3v) is 7.07. The number of carbonyl (C=O) groups is 2. The molecule has 1 aromatic heterocycles. The van der Waals surface area contributed by atoms with Crippen LogP contribution in [0.15, 0.2) is 33.0 Å². The number of rotatable bonds is 6. The van der Waals surface area contributed by atoms with E-state index in [1.807, 2.05) is 12.1 Å². The van der Waals surface area contributed by atoms with Crippen molar-refractivity contribution in [2.45, 2.75) is 44.7 Å². The molecule has 3 atom stereocenters. The topological polar surface area (TPSA) is 175 Å². The van der Waals surface area contributed by atoms with Crippen LogP contribution >= 0.6 is 11.6 Å². The summed E-state index contributed by atoms with van der Waals surface area (Å²) >= 11 is 6.24. The Kier molecular flexibility index (Phi) is 7.02. The van der Waals surface area contributed by atoms with Gasteiger partial charge in [0.2, 0.25) is 5.91 Å². The summed E-state index contributed by atoms with van der Waals surface area (Å²) in [4.78, 5) is 58.2. The first-order valence-corrected chi connectivity index (χ1v) is 12.4. The maximum atomic E-state index is 13.0. The van der Waals surface area contributed by atoms with Crippen LogP contribution in [0.2, 0.25) is 5.02 Å². The molecule has 3 aliphatic heterocycles. The molecule has 0 unspecified atom stereocenters. The van der Waals surface area contributed by atoms with Gasteiger partial charge in [0, 0.05) is 47.7 Å². The standard InChI is InChI=1S/C23H25ClN8O6/c1-12-8-32(23(36)27-22(12)35)19-6-15(28-29-25)17(38-19)10-37-20(34)7-18(33)30-2-3-31-11-26-16-5-14(24)4-13(9-30)21(16)31/h4-5,8,15,17,19,26H,2-3,6-7,9-11H2,1H3,(H,27,35,36)/t15-,17+,19+/m0/s1. The first-order chi connectivity index (χ1) is 18.2. The Bertz CT molecular complexity index is 1450. The fourth-order valence-electron chi connectivity index (χ4n) is 4.96. The van der Waals surface area contributed by atoms with Crippen LogP contribution in [0.1, 0.15) is 30.2 Å². The lowest BCUT2D eigenvalue weighted by atomic mass is 10.1. The molecule has 1 amide bonds. The monoisotopic (exact) mass is 544 g/mol. The van der Waals surface area contributed by atoms with Gasteiger partial charge in [-0.1, -0.05) is 16.7 Å². The van der Waals surface area contributed by atoms with E-state index >= 15 is 0 Å². The third-order valence-electron chi connectivity index (χ3n) is 6.85. The molecule has 0 radical (unpaired) electrons. The highest BCUT2D eigenvalue weighted by Gasteiger charge is 2.37. The summed E-state index contributed by atoms with van der Waals surface area (Å²) < 4.78 is 12.3. The summed E-state index contributed by atoms with van der Waals surface area (Å²) in [5.41, 5.74) is 10.9. The van der Waals surface area contributed by atoms with E-state index in [0.717, 1.165) is 16.9 Å². The van der Waals surface area contributed by atoms with Crippen molar-refractivity contribution in [1.29, 1.82) is 0 Å². The van der Waals surface area contributed by atoms with E-state index in [4.69, 9.17) is 26.6 Å². The molecule has 4 heterocycles. The minimum atomic E-state index is -0.835. The number of aromatic nitrogens is 2. The van der Waals surface area contributed by atoms with Crippen LogP contribution < -0.4 is 21.5 Å². The van der Waals surface area contributed by atoms with Gasteiger partial charge in [-0.3, -0.25) is 23.9 Å². The molecule has 1 aromatic carbocycles. The number of halogens is 1. The van der Waals surface area contributed by atoms with Crippen LogP contribution in [0.4, 0.5) is 11.4 Å². The fourth-order valence-corrected chi connectivity index (χ4v) is 5.20. The number of hydrogen-bond donors (Lipinski definition) is 2. The number of amides is 1. The second-order valence-electron chi connectivity index (χ2n) is 9.35. The molecule has 2 N–H and O–H groups in total. The Balaban J connectivity index is 1.20. The summed E-state index contributed by atoms with van der Waals surface area (Å²) in [6.45, 7) is 3.23. The van der Waals surface area contributed by atoms with E-state index in [0.29, 0.717) is 36.9 Å². The maximum Gasteiger partial charge on any atom is 0.330 e. The number of carbonyl (C=O) groups excluding carboxylic acids is 2. The van der Waals surface area contributed by atoms with Crippen molar-refractivity contribution in [3.8, 4) is 0 Å². The lowest BCUT2D eigenvalue weighted by molar-refractivity contribution is -0.153. The van der Waals surface area contributed by atoms with Crippen LogP contribution in [0, 0.1) is 6.92 Å². The number of ether oxygens (including phenoxy) is 2. The molecule has 0 aliphatic carbocycles. The third kappa shape index (κ3) is 5.05. The van der Waals surface area contributed by atoms with Crippen LogP contribution in [0.3, 0.4) is 0 Å². The second kappa shape index (κ2) is 10.4. The molecule has 14 nitrogen and oxygen atoms in total. The lowest BCUT2D eigenvalue weighted by Gasteiger charge is -2.22. The Morgan fingerprint density at radius 3 is 2.92 bits per heavy atom. The van der Waals surface area contributed by atoms with Gasteiger partial charge in [0.1, 0.15) is 25.4 Å². The smallest absolute Gasteiger partial charge is 0.330 e. The molecule has 2 aromatic rings. The van der Waals surface area contributed by atoms with Crippen molar-refractivity contribution < 1.29 is 19.1 Å². The zero-order valence-electron chi connectivity index (χ0n) is 20.4. The average Bonchev–Trinajstić information content (AvgIpc) is 3.40. The summed E-state index contributed by atoms with van der Waals surface area (Å²) in [7, 11) is 0. The predicted octanol–water partition coefficient (Wildman–Crippen LogP) is 1.63. The van der Waals surface area contributed by atoms with Gasteiger partial charge in [-0.2, -0.15) is 0 Å². The molecular formula is C23H25ClN8O6. The van der Waals surface area contributed by atoms with Gasteiger partial charge in [-0.15, -0.1) is 0 Å². The molecule has 200 valence electrons. The number of hydrogen-bond acceptors (Lipinski definition) is 9. The predicted molar refractivity (Wildman–Crippen MR) is 136 cm³/mol. The minimum absolute atomic E-state index is 0.139. The number of azide groups is 1. The molecule has 0 spiro atoms. The number of H-pyrrole nitrogens is 1. The quantitative estimate of drug-likeness (QED) is 0.181. The Morgan fingerprint density at radius 2 is 2.13 bits per heavy atom. The summed E-state index contributed by atoms with van der Waals surface area (Å²) in [5.74, 6) is -1.13. The van der Waals surface area contributed by atoms with Gasteiger partial charge < -0.3 is 24.6 Å². The van der Waals surface area contributed by atoms with Crippen LogP contribution in [-0.4, -0.2) is 64.8 Å². The van der Waals surface area contributed by atoms with Gasteiger partial charge in [0.15, 0.2) is 0 Å². The number of esters is 1. The van der Waals surface area contributed by atoms with Crippen LogP contribution in [0.5, 0.6) is 0 Å². The van der Waals surface area contributed by atoms with Gasteiger partial charge in [0.25, 0.3) is 5.56 Å². The van der Waals surface area contributed by atoms with Crippen molar-refractivity contribution >= 4 is 34.9 Å². The summed E-state index contributed by atoms with van der Waals surface area (Å²) in [6.07, 6.45) is -0.637. The van der Waals surface area contributed by atoms with Crippen molar-refractivity contribution in [1.82, 2.24) is 14.5 Å². The number of aromatic amines is 1. The van der Waals surface area contributed by atoms with Gasteiger partial charge in [-0.25, -0.2) is 4.79 Å². The number of aryl methyl sites for hydroxylation is 1. The Hall–Kier alpha value is -4.00. The highest BCUT2D eigenvalue weighted by atomic mass is 35.5. The molecule has 1 fully saturated rings. The number of benzene rings is 1. The van der Waals surface area contributed by atoms with Crippen molar-refractivity contribution in [2.75, 3.05) is 36.6 Å². The van der Waals surface area contributed by atoms with Gasteiger partial charge >= 0.3 is 11.7 Å². The molecule has 0 saturated carbocycles. The highest BCUT2D eigenvalue weighted by molar-refractivity contribution is 6.31. The van der Waals surface area contributed by atoms with Crippen LogP contribution in [0.25, 0.3) is 10.4 Å². The average molecular weight is 545 g/mol. The fraction of sp³-hybridized carbons (Fsp3) is 0.478. The number of nitrogens with one attached hydrogen (secondary N) is 2. The maximum absolute atomic E-state index is 13.0. The van der Waals surface area contributed by atoms with Gasteiger partial charge in [-0.05, 0) is 30.2 Å². The van der Waals surface area contributed by atoms with Gasteiger partial charge in [0.05, 0.1) is 24.1 Å². The first kappa shape index (κ1) is 25.6. The molecule has 5 rings (SSSR count). The van der Waals surface area contributed by atoms with Crippen molar-refractivity contribution in [3.05, 3.63) is 65.8 Å². The first-order valence-electron chi connectivity index (χ1n) is 12.0. The van der Waals surface area contributed by atoms with E-state index < -0.39 is 42.0 Å². The number of anilines is 2. The summed E-state index contributed by atoms with van der Waals surface area (Å²) in [5, 5.41) is 7.56. The summed E-state index contributed by atoms with van der Waals surface area (Å²) in [6, 6.07) is 2.95. The molecule has 0 bridgehead atoms. The van der Waals surface area contributed by atoms with E-state index in [-0.39, 0.29) is 18.9 Å². The van der Waals surface area contributed by atoms with E-state index in [1.54, 1.807) is 11.8 Å². The largest absolute Gasteiger partial charge is 0.463 e. The zero-order chi connectivity index (χ0) is 27.0. The van der Waals surface area contributed by atoms with E-state index in [2.05, 4.69) is 25.2 Å². The molecule has 15 heteroatoms.